The van der Waals surface area contributed by atoms with Crippen LogP contribution in [-0.4, -0.2) is 28.1 Å². The summed E-state index contributed by atoms with van der Waals surface area (Å²) in [5.41, 5.74) is 5.55. The van der Waals surface area contributed by atoms with Crippen LogP contribution in [0.2, 0.25) is 0 Å². The van der Waals surface area contributed by atoms with Gasteiger partial charge in [-0.25, -0.2) is 0 Å². The van der Waals surface area contributed by atoms with Crippen LogP contribution in [0.25, 0.3) is 0 Å². The van der Waals surface area contributed by atoms with E-state index in [1.54, 1.807) is 0 Å². The summed E-state index contributed by atoms with van der Waals surface area (Å²) in [5.74, 6) is 0. The van der Waals surface area contributed by atoms with E-state index < -0.39 is 0 Å². The molecule has 0 saturated carbocycles. The van der Waals surface area contributed by atoms with Crippen LogP contribution in [0, 0.1) is 13.8 Å². The molecule has 5 heteroatoms. The Kier molecular flexibility index (Phi) is 5.98. The van der Waals surface area contributed by atoms with Crippen LogP contribution in [0.4, 0.5) is 5.69 Å². The van der Waals surface area contributed by atoms with Crippen molar-refractivity contribution >= 4 is 5.69 Å². The number of ether oxygens (including phenoxy) is 1. The van der Waals surface area contributed by atoms with E-state index in [0.717, 1.165) is 30.2 Å². The van der Waals surface area contributed by atoms with Gasteiger partial charge < -0.3 is 15.2 Å². The predicted octanol–water partition coefficient (Wildman–Crippen LogP) is 2.64. The van der Waals surface area contributed by atoms with Gasteiger partial charge in [-0.15, -0.1) is 0 Å². The summed E-state index contributed by atoms with van der Waals surface area (Å²) in [6, 6.07) is 8.29. The maximum absolute atomic E-state index is 9.05. The number of benzene rings is 1. The third kappa shape index (κ3) is 4.08. The third-order valence-electron chi connectivity index (χ3n) is 3.74. The first-order chi connectivity index (χ1) is 10.7. The van der Waals surface area contributed by atoms with Crippen molar-refractivity contribution in [1.29, 1.82) is 0 Å². The van der Waals surface area contributed by atoms with Crippen molar-refractivity contribution in [3.63, 3.8) is 0 Å². The molecule has 0 spiro atoms. The van der Waals surface area contributed by atoms with Crippen molar-refractivity contribution in [2.75, 3.05) is 18.5 Å². The number of hydrogen-bond donors (Lipinski definition) is 2. The number of hydrogen-bond acceptors (Lipinski definition) is 4. The first-order valence-corrected chi connectivity index (χ1v) is 7.70. The molecular formula is C17H25N3O2. The predicted molar refractivity (Wildman–Crippen MR) is 87.9 cm³/mol. The maximum Gasteiger partial charge on any atom is 0.0716 e. The van der Waals surface area contributed by atoms with Crippen LogP contribution < -0.4 is 5.32 Å². The third-order valence-corrected chi connectivity index (χ3v) is 3.74. The molecule has 0 radical (unpaired) electrons. The van der Waals surface area contributed by atoms with Gasteiger partial charge >= 0.3 is 0 Å². The maximum atomic E-state index is 9.05. The smallest absolute Gasteiger partial charge is 0.0716 e. The molecule has 0 amide bonds. The molecular weight excluding hydrogens is 278 g/mol. The molecule has 1 aromatic carbocycles. The van der Waals surface area contributed by atoms with Crippen molar-refractivity contribution in [3.8, 4) is 0 Å². The van der Waals surface area contributed by atoms with Crippen molar-refractivity contribution in [3.05, 3.63) is 46.8 Å². The van der Waals surface area contributed by atoms with E-state index in [-0.39, 0.29) is 6.61 Å². The Balaban J connectivity index is 1.98. The lowest BCUT2D eigenvalue weighted by Gasteiger charge is -2.09. The Hall–Kier alpha value is -1.85. The molecule has 2 N–H and O–H groups in total. The number of nitrogens with zero attached hydrogens (tertiary/aromatic N) is 2. The Bertz CT molecular complexity index is 591. The van der Waals surface area contributed by atoms with Crippen LogP contribution in [-0.2, 0) is 24.4 Å². The number of aliphatic hydroxyl groups is 1. The SMILES string of the molecule is CCOCc1ccc(NCc2c(C)nn(CCO)c2C)cc1. The van der Waals surface area contributed by atoms with Crippen LogP contribution in [0.1, 0.15) is 29.4 Å². The fraction of sp³-hybridized carbons (Fsp3) is 0.471. The molecule has 0 unspecified atom stereocenters. The highest BCUT2D eigenvalue weighted by molar-refractivity contribution is 5.45. The molecule has 1 heterocycles. The molecule has 5 nitrogen and oxygen atoms in total. The molecule has 0 aliphatic carbocycles. The molecule has 1 aromatic heterocycles. The first-order valence-electron chi connectivity index (χ1n) is 7.70. The lowest BCUT2D eigenvalue weighted by atomic mass is 10.1. The van der Waals surface area contributed by atoms with E-state index in [0.29, 0.717) is 13.2 Å². The van der Waals surface area contributed by atoms with E-state index >= 15 is 0 Å². The van der Waals surface area contributed by atoms with E-state index in [1.807, 2.05) is 25.5 Å². The Morgan fingerprint density at radius 2 is 1.95 bits per heavy atom. The Labute approximate surface area is 131 Å². The van der Waals surface area contributed by atoms with Crippen molar-refractivity contribution in [1.82, 2.24) is 9.78 Å². The van der Waals surface area contributed by atoms with Crippen LogP contribution in [0.15, 0.2) is 24.3 Å². The minimum absolute atomic E-state index is 0.107. The molecule has 120 valence electrons. The second kappa shape index (κ2) is 7.96. The van der Waals surface area contributed by atoms with Crippen LogP contribution in [0.5, 0.6) is 0 Å². The molecule has 0 aliphatic rings. The van der Waals surface area contributed by atoms with Gasteiger partial charge in [-0.05, 0) is 38.5 Å². The molecule has 2 rings (SSSR count). The summed E-state index contributed by atoms with van der Waals surface area (Å²) in [6.07, 6.45) is 0. The zero-order valence-corrected chi connectivity index (χ0v) is 13.6. The topological polar surface area (TPSA) is 59.3 Å². The van der Waals surface area contributed by atoms with Gasteiger partial charge in [-0.1, -0.05) is 12.1 Å². The average molecular weight is 303 g/mol. The summed E-state index contributed by atoms with van der Waals surface area (Å²) < 4.78 is 7.25. The molecule has 0 saturated heterocycles. The molecule has 2 aromatic rings. The second-order valence-electron chi connectivity index (χ2n) is 5.28. The van der Waals surface area contributed by atoms with Gasteiger partial charge in [0.25, 0.3) is 0 Å². The monoisotopic (exact) mass is 303 g/mol. The van der Waals surface area contributed by atoms with Gasteiger partial charge in [0.1, 0.15) is 0 Å². The van der Waals surface area contributed by atoms with Gasteiger partial charge in [0.15, 0.2) is 0 Å². The van der Waals surface area contributed by atoms with Gasteiger partial charge in [0.05, 0.1) is 25.5 Å². The largest absolute Gasteiger partial charge is 0.394 e. The van der Waals surface area contributed by atoms with Crippen molar-refractivity contribution in [2.45, 2.75) is 40.5 Å². The van der Waals surface area contributed by atoms with Crippen LogP contribution in [0.3, 0.4) is 0 Å². The molecule has 0 atom stereocenters. The number of aromatic nitrogens is 2. The highest BCUT2D eigenvalue weighted by atomic mass is 16.5. The van der Waals surface area contributed by atoms with Crippen LogP contribution >= 0.6 is 0 Å². The molecule has 0 bridgehead atoms. The Morgan fingerprint density at radius 3 is 2.59 bits per heavy atom. The minimum atomic E-state index is 0.107. The number of anilines is 1. The van der Waals surface area contributed by atoms with E-state index in [1.165, 1.54) is 11.1 Å². The molecule has 0 fully saturated rings. The van der Waals surface area contributed by atoms with E-state index in [9.17, 15) is 0 Å². The van der Waals surface area contributed by atoms with E-state index in [2.05, 4.69) is 34.7 Å². The number of nitrogens with one attached hydrogen (secondary N) is 1. The normalized spacial score (nSPS) is 10.9. The lowest BCUT2D eigenvalue weighted by Crippen LogP contribution is -2.07. The summed E-state index contributed by atoms with van der Waals surface area (Å²) in [7, 11) is 0. The lowest BCUT2D eigenvalue weighted by molar-refractivity contribution is 0.134. The van der Waals surface area contributed by atoms with Gasteiger partial charge in [0.2, 0.25) is 0 Å². The quantitative estimate of drug-likeness (QED) is 0.787. The standard InChI is InChI=1S/C17H25N3O2/c1-4-22-12-15-5-7-16(8-6-15)18-11-17-13(2)19-20(9-10-21)14(17)3/h5-8,18,21H,4,9-12H2,1-3H3. The van der Waals surface area contributed by atoms with E-state index in [4.69, 9.17) is 9.84 Å². The Morgan fingerprint density at radius 1 is 1.23 bits per heavy atom. The summed E-state index contributed by atoms with van der Waals surface area (Å²) in [6.45, 7) is 8.81. The summed E-state index contributed by atoms with van der Waals surface area (Å²) >= 11 is 0. The van der Waals surface area contributed by atoms with Crippen molar-refractivity contribution in [2.24, 2.45) is 0 Å². The molecule has 0 aliphatic heterocycles. The fourth-order valence-electron chi connectivity index (χ4n) is 2.43. The minimum Gasteiger partial charge on any atom is -0.394 e. The van der Waals surface area contributed by atoms with Gasteiger partial charge in [-0.2, -0.15) is 5.10 Å². The second-order valence-corrected chi connectivity index (χ2v) is 5.28. The van der Waals surface area contributed by atoms with Crippen molar-refractivity contribution < 1.29 is 9.84 Å². The van der Waals surface area contributed by atoms with Gasteiger partial charge in [-0.3, -0.25) is 4.68 Å². The van der Waals surface area contributed by atoms with Gasteiger partial charge in [0, 0.05) is 30.1 Å². The zero-order valence-electron chi connectivity index (χ0n) is 13.6. The summed E-state index contributed by atoms with van der Waals surface area (Å²) in [5, 5.41) is 16.9. The zero-order chi connectivity index (χ0) is 15.9. The fourth-order valence-corrected chi connectivity index (χ4v) is 2.43. The highest BCUT2D eigenvalue weighted by Crippen LogP contribution is 2.16. The number of aliphatic hydroxyl groups excluding tert-OH is 1. The number of rotatable bonds is 8. The number of aryl methyl sites for hydroxylation is 1. The molecule has 22 heavy (non-hydrogen) atoms. The first kappa shape index (κ1) is 16.5. The average Bonchev–Trinajstić information content (AvgIpc) is 2.79. The summed E-state index contributed by atoms with van der Waals surface area (Å²) in [4.78, 5) is 0. The highest BCUT2D eigenvalue weighted by Gasteiger charge is 2.10.